The maximum Gasteiger partial charge on any atom is 0.0970 e. The van der Waals surface area contributed by atoms with E-state index >= 15 is 0 Å². The van der Waals surface area contributed by atoms with Gasteiger partial charge in [-0.1, -0.05) is 6.92 Å². The SMILES string of the molecule is CCc1cc(C(NN)c2ccc(C)s2)n(CC)n1. The Balaban J connectivity index is 2.40. The van der Waals surface area contributed by atoms with Crippen LogP contribution in [0.3, 0.4) is 0 Å². The minimum Gasteiger partial charge on any atom is -0.270 e. The summed E-state index contributed by atoms with van der Waals surface area (Å²) in [6.45, 7) is 7.18. The molecular weight excluding hydrogens is 244 g/mol. The van der Waals surface area contributed by atoms with Crippen molar-refractivity contribution in [1.82, 2.24) is 15.2 Å². The lowest BCUT2D eigenvalue weighted by molar-refractivity contribution is 0.546. The fourth-order valence-corrected chi connectivity index (χ4v) is 3.02. The van der Waals surface area contributed by atoms with Crippen molar-refractivity contribution in [2.24, 2.45) is 5.84 Å². The first kappa shape index (κ1) is 13.3. The zero-order chi connectivity index (χ0) is 13.1. The Morgan fingerprint density at radius 1 is 1.44 bits per heavy atom. The molecule has 0 fully saturated rings. The maximum atomic E-state index is 5.74. The number of aromatic nitrogens is 2. The monoisotopic (exact) mass is 264 g/mol. The second-order valence-electron chi connectivity index (χ2n) is 4.28. The molecule has 0 aliphatic rings. The Morgan fingerprint density at radius 2 is 2.22 bits per heavy atom. The van der Waals surface area contributed by atoms with E-state index in [2.05, 4.69) is 49.5 Å². The summed E-state index contributed by atoms with van der Waals surface area (Å²) >= 11 is 1.77. The molecule has 0 amide bonds. The lowest BCUT2D eigenvalue weighted by Gasteiger charge is -2.15. The molecule has 98 valence electrons. The van der Waals surface area contributed by atoms with E-state index in [1.54, 1.807) is 11.3 Å². The molecule has 4 nitrogen and oxygen atoms in total. The van der Waals surface area contributed by atoms with Crippen LogP contribution in [0, 0.1) is 6.92 Å². The van der Waals surface area contributed by atoms with Crippen LogP contribution in [0.15, 0.2) is 18.2 Å². The van der Waals surface area contributed by atoms with Crippen LogP contribution in [0.4, 0.5) is 0 Å². The van der Waals surface area contributed by atoms with E-state index in [-0.39, 0.29) is 6.04 Å². The van der Waals surface area contributed by atoms with E-state index < -0.39 is 0 Å². The highest BCUT2D eigenvalue weighted by molar-refractivity contribution is 7.12. The standard InChI is InChI=1S/C13H20N4S/c1-4-10-8-11(17(5-2)16-10)13(15-14)12-7-6-9(3)18-12/h6-8,13,15H,4-5,14H2,1-3H3. The zero-order valence-corrected chi connectivity index (χ0v) is 11.9. The molecule has 0 radical (unpaired) electrons. The van der Waals surface area contributed by atoms with Gasteiger partial charge in [-0.15, -0.1) is 11.3 Å². The van der Waals surface area contributed by atoms with Gasteiger partial charge in [-0.3, -0.25) is 10.5 Å². The molecule has 0 aliphatic heterocycles. The van der Waals surface area contributed by atoms with Gasteiger partial charge in [-0.2, -0.15) is 5.10 Å². The van der Waals surface area contributed by atoms with Crippen molar-refractivity contribution in [3.05, 3.63) is 39.3 Å². The molecule has 0 saturated carbocycles. The quantitative estimate of drug-likeness (QED) is 0.644. The van der Waals surface area contributed by atoms with Gasteiger partial charge in [0.15, 0.2) is 0 Å². The largest absolute Gasteiger partial charge is 0.270 e. The van der Waals surface area contributed by atoms with E-state index in [0.29, 0.717) is 0 Å². The van der Waals surface area contributed by atoms with Gasteiger partial charge in [0.2, 0.25) is 0 Å². The number of thiophene rings is 1. The van der Waals surface area contributed by atoms with Gasteiger partial charge in [-0.05, 0) is 38.5 Å². The highest BCUT2D eigenvalue weighted by Crippen LogP contribution is 2.28. The Labute approximate surface area is 112 Å². The molecule has 2 aromatic rings. The van der Waals surface area contributed by atoms with E-state index in [1.165, 1.54) is 9.75 Å². The summed E-state index contributed by atoms with van der Waals surface area (Å²) in [5.74, 6) is 5.74. The van der Waals surface area contributed by atoms with Crippen molar-refractivity contribution in [2.75, 3.05) is 0 Å². The van der Waals surface area contributed by atoms with Gasteiger partial charge >= 0.3 is 0 Å². The number of nitrogens with two attached hydrogens (primary N) is 1. The normalized spacial score (nSPS) is 12.9. The first-order valence-electron chi connectivity index (χ1n) is 6.28. The van der Waals surface area contributed by atoms with Crippen molar-refractivity contribution < 1.29 is 0 Å². The minimum absolute atomic E-state index is 0.0245. The molecule has 2 rings (SSSR count). The predicted molar refractivity (Wildman–Crippen MR) is 75.5 cm³/mol. The third-order valence-corrected chi connectivity index (χ3v) is 4.10. The molecule has 1 unspecified atom stereocenters. The molecule has 3 N–H and O–H groups in total. The van der Waals surface area contributed by atoms with Crippen molar-refractivity contribution in [2.45, 2.75) is 39.8 Å². The average molecular weight is 264 g/mol. The highest BCUT2D eigenvalue weighted by Gasteiger charge is 2.19. The third-order valence-electron chi connectivity index (χ3n) is 3.03. The number of hydrogen-bond acceptors (Lipinski definition) is 4. The van der Waals surface area contributed by atoms with E-state index in [0.717, 1.165) is 24.4 Å². The summed E-state index contributed by atoms with van der Waals surface area (Å²) in [6.07, 6.45) is 0.945. The maximum absolute atomic E-state index is 5.74. The minimum atomic E-state index is 0.0245. The Morgan fingerprint density at radius 3 is 2.72 bits per heavy atom. The molecule has 2 heterocycles. The van der Waals surface area contributed by atoms with Crippen LogP contribution in [-0.2, 0) is 13.0 Å². The molecule has 0 spiro atoms. The van der Waals surface area contributed by atoms with E-state index in [4.69, 9.17) is 5.84 Å². The summed E-state index contributed by atoms with van der Waals surface area (Å²) in [5, 5.41) is 4.57. The predicted octanol–water partition coefficient (Wildman–Crippen LogP) is 2.39. The van der Waals surface area contributed by atoms with Gasteiger partial charge in [-0.25, -0.2) is 5.43 Å². The van der Waals surface area contributed by atoms with Crippen LogP contribution in [0.1, 0.15) is 41.0 Å². The topological polar surface area (TPSA) is 55.9 Å². The summed E-state index contributed by atoms with van der Waals surface area (Å²) in [4.78, 5) is 2.52. The molecule has 0 aromatic carbocycles. The first-order chi connectivity index (χ1) is 8.69. The lowest BCUT2D eigenvalue weighted by Crippen LogP contribution is -2.30. The summed E-state index contributed by atoms with van der Waals surface area (Å²) < 4.78 is 2.03. The van der Waals surface area contributed by atoms with Crippen LogP contribution < -0.4 is 11.3 Å². The molecule has 5 heteroatoms. The molecule has 2 aromatic heterocycles. The number of hydrogen-bond donors (Lipinski definition) is 2. The van der Waals surface area contributed by atoms with Crippen LogP contribution >= 0.6 is 11.3 Å². The van der Waals surface area contributed by atoms with Gasteiger partial charge < -0.3 is 0 Å². The molecule has 18 heavy (non-hydrogen) atoms. The van der Waals surface area contributed by atoms with Crippen LogP contribution in [-0.4, -0.2) is 9.78 Å². The van der Waals surface area contributed by atoms with Gasteiger partial charge in [0.05, 0.1) is 17.4 Å². The van der Waals surface area contributed by atoms with Gasteiger partial charge in [0.1, 0.15) is 0 Å². The summed E-state index contributed by atoms with van der Waals surface area (Å²) in [5.41, 5.74) is 5.16. The first-order valence-corrected chi connectivity index (χ1v) is 7.10. The third kappa shape index (κ3) is 2.48. The Hall–Kier alpha value is -1.17. The van der Waals surface area contributed by atoms with E-state index in [1.807, 2.05) is 4.68 Å². The van der Waals surface area contributed by atoms with Crippen LogP contribution in [0.25, 0.3) is 0 Å². The second-order valence-corrected chi connectivity index (χ2v) is 5.60. The summed E-state index contributed by atoms with van der Waals surface area (Å²) in [6, 6.07) is 6.42. The fraction of sp³-hybridized carbons (Fsp3) is 0.462. The van der Waals surface area contributed by atoms with Gasteiger partial charge in [0, 0.05) is 16.3 Å². The average Bonchev–Trinajstić information content (AvgIpc) is 2.97. The number of rotatable bonds is 5. The fourth-order valence-electron chi connectivity index (χ4n) is 2.07. The Bertz CT molecular complexity index is 515. The van der Waals surface area contributed by atoms with Crippen molar-refractivity contribution >= 4 is 11.3 Å². The van der Waals surface area contributed by atoms with Crippen molar-refractivity contribution in [3.63, 3.8) is 0 Å². The van der Waals surface area contributed by atoms with Crippen molar-refractivity contribution in [1.29, 1.82) is 0 Å². The second kappa shape index (κ2) is 5.65. The number of nitrogens with zero attached hydrogens (tertiary/aromatic N) is 2. The number of aryl methyl sites for hydroxylation is 3. The highest BCUT2D eigenvalue weighted by atomic mass is 32.1. The molecule has 0 saturated heterocycles. The van der Waals surface area contributed by atoms with Crippen LogP contribution in [0.2, 0.25) is 0 Å². The molecule has 0 aliphatic carbocycles. The number of hydrazine groups is 1. The van der Waals surface area contributed by atoms with Gasteiger partial charge in [0.25, 0.3) is 0 Å². The van der Waals surface area contributed by atoms with Crippen molar-refractivity contribution in [3.8, 4) is 0 Å². The molecule has 0 bridgehead atoms. The lowest BCUT2D eigenvalue weighted by atomic mass is 10.1. The summed E-state index contributed by atoms with van der Waals surface area (Å²) in [7, 11) is 0. The smallest absolute Gasteiger partial charge is 0.0970 e. The zero-order valence-electron chi connectivity index (χ0n) is 11.1. The number of nitrogens with one attached hydrogen (secondary N) is 1. The molecular formula is C13H20N4S. The Kier molecular flexibility index (Phi) is 4.16. The molecule has 1 atom stereocenters. The van der Waals surface area contributed by atoms with E-state index in [9.17, 15) is 0 Å². The van der Waals surface area contributed by atoms with Crippen LogP contribution in [0.5, 0.6) is 0 Å².